The van der Waals surface area contributed by atoms with Crippen molar-refractivity contribution < 1.29 is 4.74 Å². The van der Waals surface area contributed by atoms with E-state index in [1.807, 2.05) is 25.1 Å². The van der Waals surface area contributed by atoms with E-state index in [9.17, 15) is 0 Å². The molecule has 1 aromatic rings. The summed E-state index contributed by atoms with van der Waals surface area (Å²) in [6.45, 7) is 5.25. The molecule has 1 aliphatic heterocycles. The van der Waals surface area contributed by atoms with Gasteiger partial charge in [0.25, 0.3) is 0 Å². The van der Waals surface area contributed by atoms with Crippen molar-refractivity contribution in [3.8, 4) is 5.75 Å². The van der Waals surface area contributed by atoms with Crippen LogP contribution in [0.2, 0.25) is 0 Å². The molecule has 2 N–H and O–H groups in total. The van der Waals surface area contributed by atoms with Crippen molar-refractivity contribution in [1.82, 2.24) is 10.6 Å². The lowest BCUT2D eigenvalue weighted by atomic mass is 10.2. The minimum Gasteiger partial charge on any atom is -0.494 e. The van der Waals surface area contributed by atoms with Gasteiger partial charge in [-0.15, -0.1) is 0 Å². The minimum absolute atomic E-state index is 0.700. The van der Waals surface area contributed by atoms with Gasteiger partial charge in [-0.3, -0.25) is 4.99 Å². The van der Waals surface area contributed by atoms with Crippen LogP contribution in [0.5, 0.6) is 5.75 Å². The molecule has 0 saturated heterocycles. The molecular formula is C12H17N3O. The average molecular weight is 219 g/mol. The number of aliphatic imine (C=N–C) groups is 1. The average Bonchev–Trinajstić information content (AvgIpc) is 2.80. The molecule has 0 unspecified atom stereocenters. The van der Waals surface area contributed by atoms with Crippen LogP contribution in [0.1, 0.15) is 12.5 Å². The Balaban J connectivity index is 1.90. The fourth-order valence-electron chi connectivity index (χ4n) is 1.61. The molecule has 4 heteroatoms. The van der Waals surface area contributed by atoms with Crippen molar-refractivity contribution in [1.29, 1.82) is 0 Å². The molecular weight excluding hydrogens is 202 g/mol. The van der Waals surface area contributed by atoms with Gasteiger partial charge in [0.15, 0.2) is 5.96 Å². The Hall–Kier alpha value is -1.71. The molecule has 86 valence electrons. The monoisotopic (exact) mass is 219 g/mol. The number of guanidine groups is 1. The van der Waals surface area contributed by atoms with Gasteiger partial charge in [-0.2, -0.15) is 0 Å². The molecule has 0 aliphatic carbocycles. The highest BCUT2D eigenvalue weighted by molar-refractivity contribution is 5.81. The summed E-state index contributed by atoms with van der Waals surface area (Å²) in [5.41, 5.74) is 1.20. The van der Waals surface area contributed by atoms with Crippen LogP contribution in [0.4, 0.5) is 0 Å². The van der Waals surface area contributed by atoms with Crippen LogP contribution in [0.25, 0.3) is 0 Å². The standard InChI is InChI=1S/C12H17N3O/c1-2-16-11-5-3-4-10(8-11)9-15-12-13-6-7-14-12/h3-5,8H,2,6-7,9H2,1H3,(H2,13,14,15). The van der Waals surface area contributed by atoms with E-state index in [-0.39, 0.29) is 0 Å². The maximum Gasteiger partial charge on any atom is 0.191 e. The van der Waals surface area contributed by atoms with Crippen molar-refractivity contribution >= 4 is 5.96 Å². The van der Waals surface area contributed by atoms with Gasteiger partial charge in [0.2, 0.25) is 0 Å². The Kier molecular flexibility index (Phi) is 3.64. The summed E-state index contributed by atoms with van der Waals surface area (Å²) in [6.07, 6.45) is 0. The SMILES string of the molecule is CCOc1cccc(CNC2=NCCN2)c1. The van der Waals surface area contributed by atoms with Crippen LogP contribution in [-0.2, 0) is 6.54 Å². The zero-order valence-electron chi connectivity index (χ0n) is 9.49. The van der Waals surface area contributed by atoms with Gasteiger partial charge in [0.05, 0.1) is 13.2 Å². The van der Waals surface area contributed by atoms with Gasteiger partial charge in [-0.1, -0.05) is 12.1 Å². The van der Waals surface area contributed by atoms with Crippen LogP contribution < -0.4 is 15.4 Å². The molecule has 0 spiro atoms. The second-order valence-corrected chi connectivity index (χ2v) is 3.59. The van der Waals surface area contributed by atoms with Crippen LogP contribution >= 0.6 is 0 Å². The van der Waals surface area contributed by atoms with E-state index in [0.29, 0.717) is 6.61 Å². The summed E-state index contributed by atoms with van der Waals surface area (Å²) in [4.78, 5) is 4.27. The molecule has 2 rings (SSSR count). The first-order chi connectivity index (χ1) is 7.88. The summed E-state index contributed by atoms with van der Waals surface area (Å²) < 4.78 is 5.44. The lowest BCUT2D eigenvalue weighted by Gasteiger charge is -2.08. The zero-order valence-corrected chi connectivity index (χ0v) is 9.49. The van der Waals surface area contributed by atoms with Crippen molar-refractivity contribution in [2.75, 3.05) is 19.7 Å². The van der Waals surface area contributed by atoms with E-state index < -0.39 is 0 Å². The number of hydrogen-bond acceptors (Lipinski definition) is 4. The predicted octanol–water partition coefficient (Wildman–Crippen LogP) is 1.13. The van der Waals surface area contributed by atoms with Gasteiger partial charge in [-0.25, -0.2) is 0 Å². The highest BCUT2D eigenvalue weighted by atomic mass is 16.5. The van der Waals surface area contributed by atoms with E-state index in [0.717, 1.165) is 31.3 Å². The molecule has 16 heavy (non-hydrogen) atoms. The largest absolute Gasteiger partial charge is 0.494 e. The van der Waals surface area contributed by atoms with Crippen LogP contribution in [0, 0.1) is 0 Å². The topological polar surface area (TPSA) is 45.6 Å². The van der Waals surface area contributed by atoms with Gasteiger partial charge in [-0.05, 0) is 24.6 Å². The third-order valence-corrected chi connectivity index (χ3v) is 2.34. The molecule has 1 aliphatic rings. The quantitative estimate of drug-likeness (QED) is 0.798. The van der Waals surface area contributed by atoms with Crippen molar-refractivity contribution in [3.05, 3.63) is 29.8 Å². The predicted molar refractivity (Wildman–Crippen MR) is 64.8 cm³/mol. The second-order valence-electron chi connectivity index (χ2n) is 3.59. The van der Waals surface area contributed by atoms with E-state index >= 15 is 0 Å². The Labute approximate surface area is 95.7 Å². The molecule has 1 heterocycles. The molecule has 0 bridgehead atoms. The summed E-state index contributed by atoms with van der Waals surface area (Å²) >= 11 is 0. The number of benzene rings is 1. The smallest absolute Gasteiger partial charge is 0.191 e. The Bertz CT molecular complexity index is 376. The Morgan fingerprint density at radius 2 is 2.44 bits per heavy atom. The van der Waals surface area contributed by atoms with Gasteiger partial charge in [0.1, 0.15) is 5.75 Å². The van der Waals surface area contributed by atoms with E-state index in [1.54, 1.807) is 0 Å². The van der Waals surface area contributed by atoms with Gasteiger partial charge < -0.3 is 15.4 Å². The number of hydrogen-bond donors (Lipinski definition) is 2. The highest BCUT2D eigenvalue weighted by Gasteiger charge is 2.03. The number of nitrogens with zero attached hydrogens (tertiary/aromatic N) is 1. The number of nitrogens with one attached hydrogen (secondary N) is 2. The van der Waals surface area contributed by atoms with E-state index in [4.69, 9.17) is 4.74 Å². The Morgan fingerprint density at radius 1 is 1.50 bits per heavy atom. The van der Waals surface area contributed by atoms with E-state index in [1.165, 1.54) is 5.56 Å². The normalized spacial score (nSPS) is 14.2. The molecule has 0 fully saturated rings. The summed E-state index contributed by atoms with van der Waals surface area (Å²) in [5, 5.41) is 6.42. The lowest BCUT2D eigenvalue weighted by Crippen LogP contribution is -2.33. The zero-order chi connectivity index (χ0) is 11.2. The number of ether oxygens (including phenoxy) is 1. The van der Waals surface area contributed by atoms with Crippen molar-refractivity contribution in [3.63, 3.8) is 0 Å². The van der Waals surface area contributed by atoms with Crippen LogP contribution in [0.3, 0.4) is 0 Å². The second kappa shape index (κ2) is 5.39. The summed E-state index contributed by atoms with van der Waals surface area (Å²) in [5.74, 6) is 1.81. The molecule has 4 nitrogen and oxygen atoms in total. The first-order valence-electron chi connectivity index (χ1n) is 5.62. The fourth-order valence-corrected chi connectivity index (χ4v) is 1.61. The van der Waals surface area contributed by atoms with Crippen LogP contribution in [0.15, 0.2) is 29.3 Å². The number of rotatable bonds is 4. The van der Waals surface area contributed by atoms with Crippen LogP contribution in [-0.4, -0.2) is 25.7 Å². The molecule has 0 radical (unpaired) electrons. The van der Waals surface area contributed by atoms with Crippen molar-refractivity contribution in [2.45, 2.75) is 13.5 Å². The lowest BCUT2D eigenvalue weighted by molar-refractivity contribution is 0.340. The van der Waals surface area contributed by atoms with Gasteiger partial charge >= 0.3 is 0 Å². The first kappa shape index (κ1) is 10.8. The van der Waals surface area contributed by atoms with Crippen molar-refractivity contribution in [2.24, 2.45) is 4.99 Å². The maximum atomic E-state index is 5.44. The molecule has 0 saturated carbocycles. The summed E-state index contributed by atoms with van der Waals surface area (Å²) in [6, 6.07) is 8.10. The molecule has 0 amide bonds. The minimum atomic E-state index is 0.700. The third-order valence-electron chi connectivity index (χ3n) is 2.34. The highest BCUT2D eigenvalue weighted by Crippen LogP contribution is 2.12. The third kappa shape index (κ3) is 2.89. The Morgan fingerprint density at radius 3 is 3.19 bits per heavy atom. The summed E-state index contributed by atoms with van der Waals surface area (Å²) in [7, 11) is 0. The molecule has 1 aromatic carbocycles. The maximum absolute atomic E-state index is 5.44. The first-order valence-corrected chi connectivity index (χ1v) is 5.62. The fraction of sp³-hybridized carbons (Fsp3) is 0.417. The molecule has 0 aromatic heterocycles. The van der Waals surface area contributed by atoms with Gasteiger partial charge in [0, 0.05) is 13.1 Å². The molecule has 0 atom stereocenters. The van der Waals surface area contributed by atoms with E-state index in [2.05, 4.69) is 21.7 Å².